The van der Waals surface area contributed by atoms with Gasteiger partial charge in [-0.1, -0.05) is 29.4 Å². The Labute approximate surface area is 145 Å². The van der Waals surface area contributed by atoms with E-state index in [2.05, 4.69) is 10.5 Å². The van der Waals surface area contributed by atoms with Crippen molar-refractivity contribution in [2.24, 2.45) is 5.16 Å². The van der Waals surface area contributed by atoms with E-state index in [1.54, 1.807) is 44.3 Å². The zero-order valence-electron chi connectivity index (χ0n) is 14.4. The molecule has 0 aliphatic carbocycles. The van der Waals surface area contributed by atoms with Gasteiger partial charge in [-0.2, -0.15) is 0 Å². The number of nitrogens with one attached hydrogen (secondary N) is 1. The molecule has 2 rings (SSSR count). The van der Waals surface area contributed by atoms with Gasteiger partial charge in [-0.25, -0.2) is 4.79 Å². The van der Waals surface area contributed by atoms with E-state index in [-0.39, 0.29) is 6.61 Å². The fraction of sp³-hybridized carbons (Fsp3) is 0.412. The van der Waals surface area contributed by atoms with Crippen molar-refractivity contribution in [2.45, 2.75) is 26.3 Å². The van der Waals surface area contributed by atoms with Crippen LogP contribution in [0.1, 0.15) is 31.9 Å². The fourth-order valence-corrected chi connectivity index (χ4v) is 2.45. The third kappa shape index (κ3) is 3.96. The van der Waals surface area contributed by atoms with Crippen molar-refractivity contribution in [3.8, 4) is 0 Å². The van der Waals surface area contributed by atoms with E-state index in [0.717, 1.165) is 10.5 Å². The second kappa shape index (κ2) is 7.78. The first-order chi connectivity index (χ1) is 11.9. The van der Waals surface area contributed by atoms with Gasteiger partial charge in [-0.05, 0) is 31.9 Å². The smallest absolute Gasteiger partial charge is 0.326 e. The lowest BCUT2D eigenvalue weighted by Crippen LogP contribution is -2.41. The van der Waals surface area contributed by atoms with Gasteiger partial charge in [0.25, 0.3) is 5.91 Å². The number of rotatable bonds is 7. The van der Waals surface area contributed by atoms with Crippen LogP contribution >= 0.6 is 0 Å². The van der Waals surface area contributed by atoms with Gasteiger partial charge in [0.05, 0.1) is 12.8 Å². The minimum absolute atomic E-state index is 0.185. The highest BCUT2D eigenvalue weighted by molar-refractivity contribution is 6.08. The number of nitrogens with zero attached hydrogens (tertiary/aromatic N) is 2. The van der Waals surface area contributed by atoms with Crippen molar-refractivity contribution >= 4 is 24.1 Å². The zero-order valence-corrected chi connectivity index (χ0v) is 14.4. The maximum Gasteiger partial charge on any atom is 0.326 e. The molecule has 8 heteroatoms. The molecule has 1 atom stereocenters. The van der Waals surface area contributed by atoms with Crippen LogP contribution in [0.25, 0.3) is 0 Å². The van der Waals surface area contributed by atoms with Gasteiger partial charge < -0.3 is 14.9 Å². The van der Waals surface area contributed by atoms with Gasteiger partial charge in [-0.15, -0.1) is 0 Å². The number of hydrogen-bond acceptors (Lipinski definition) is 6. The molecule has 0 bridgehead atoms. The molecule has 0 saturated carbocycles. The summed E-state index contributed by atoms with van der Waals surface area (Å²) >= 11 is 0. The summed E-state index contributed by atoms with van der Waals surface area (Å²) in [5, 5.41) is 6.41. The minimum atomic E-state index is -1.24. The third-order valence-electron chi connectivity index (χ3n) is 3.76. The molecule has 0 spiro atoms. The molecule has 1 unspecified atom stereocenters. The number of carbonyl (C=O) groups excluding carboxylic acids is 3. The molecule has 25 heavy (non-hydrogen) atoms. The van der Waals surface area contributed by atoms with Gasteiger partial charge in [0.1, 0.15) is 18.7 Å². The lowest BCUT2D eigenvalue weighted by molar-refractivity contribution is -0.147. The summed E-state index contributed by atoms with van der Waals surface area (Å²) in [5.74, 6) is -1.13. The van der Waals surface area contributed by atoms with Crippen LogP contribution in [0.15, 0.2) is 29.4 Å². The Balaban J connectivity index is 2.16. The number of benzene rings is 1. The Kier molecular flexibility index (Phi) is 5.74. The van der Waals surface area contributed by atoms with Gasteiger partial charge in [0, 0.05) is 0 Å². The average Bonchev–Trinajstić information content (AvgIpc) is 2.80. The molecule has 1 saturated heterocycles. The minimum Gasteiger partial charge on any atom is -0.465 e. The van der Waals surface area contributed by atoms with Crippen LogP contribution in [-0.4, -0.2) is 48.8 Å². The summed E-state index contributed by atoms with van der Waals surface area (Å²) in [6.07, 6.45) is 1.55. The lowest BCUT2D eigenvalue weighted by Gasteiger charge is -2.22. The van der Waals surface area contributed by atoms with Crippen molar-refractivity contribution in [2.75, 3.05) is 19.8 Å². The largest absolute Gasteiger partial charge is 0.465 e. The quantitative estimate of drug-likeness (QED) is 0.348. The number of esters is 1. The summed E-state index contributed by atoms with van der Waals surface area (Å²) in [6, 6.07) is 6.34. The molecule has 1 aliphatic rings. The Morgan fingerprint density at radius 1 is 1.24 bits per heavy atom. The second-order valence-corrected chi connectivity index (χ2v) is 5.53. The van der Waals surface area contributed by atoms with Crippen molar-refractivity contribution in [3.05, 3.63) is 35.4 Å². The predicted molar refractivity (Wildman–Crippen MR) is 89.9 cm³/mol. The molecule has 8 nitrogen and oxygen atoms in total. The first-order valence-corrected chi connectivity index (χ1v) is 7.98. The molecular formula is C17H21N3O5. The maximum atomic E-state index is 12.7. The molecule has 1 aromatic rings. The van der Waals surface area contributed by atoms with Crippen LogP contribution in [-0.2, 0) is 24.7 Å². The molecule has 0 radical (unpaired) electrons. The van der Waals surface area contributed by atoms with Crippen LogP contribution in [0.4, 0.5) is 4.79 Å². The molecule has 0 aromatic heterocycles. The first-order valence-electron chi connectivity index (χ1n) is 7.98. The number of amides is 3. The van der Waals surface area contributed by atoms with Gasteiger partial charge in [0.2, 0.25) is 0 Å². The van der Waals surface area contributed by atoms with Crippen molar-refractivity contribution in [1.29, 1.82) is 0 Å². The van der Waals surface area contributed by atoms with Crippen LogP contribution < -0.4 is 5.32 Å². The molecule has 1 fully saturated rings. The fourth-order valence-electron chi connectivity index (χ4n) is 2.45. The third-order valence-corrected chi connectivity index (χ3v) is 3.76. The van der Waals surface area contributed by atoms with E-state index < -0.39 is 30.0 Å². The number of ether oxygens (including phenoxy) is 1. The van der Waals surface area contributed by atoms with E-state index in [1.807, 2.05) is 6.92 Å². The van der Waals surface area contributed by atoms with Crippen molar-refractivity contribution in [3.63, 3.8) is 0 Å². The number of oxime groups is 1. The number of carbonyl (C=O) groups is 3. The van der Waals surface area contributed by atoms with E-state index in [9.17, 15) is 14.4 Å². The van der Waals surface area contributed by atoms with Gasteiger partial charge in [0.15, 0.2) is 0 Å². The maximum absolute atomic E-state index is 12.7. The zero-order chi connectivity index (χ0) is 18.4. The summed E-state index contributed by atoms with van der Waals surface area (Å²) in [7, 11) is 0. The van der Waals surface area contributed by atoms with Crippen LogP contribution in [0.3, 0.4) is 0 Å². The number of urea groups is 1. The van der Waals surface area contributed by atoms with E-state index in [0.29, 0.717) is 12.2 Å². The Bertz CT molecular complexity index is 686. The lowest BCUT2D eigenvalue weighted by atomic mass is 9.91. The van der Waals surface area contributed by atoms with Gasteiger partial charge >= 0.3 is 12.0 Å². The summed E-state index contributed by atoms with van der Waals surface area (Å²) in [6.45, 7) is 5.34. The van der Waals surface area contributed by atoms with Crippen LogP contribution in [0.5, 0.6) is 0 Å². The van der Waals surface area contributed by atoms with Crippen LogP contribution in [0.2, 0.25) is 0 Å². The Morgan fingerprint density at radius 2 is 1.92 bits per heavy atom. The highest BCUT2D eigenvalue weighted by Gasteiger charge is 2.49. The van der Waals surface area contributed by atoms with Crippen LogP contribution in [0, 0.1) is 0 Å². The first kappa shape index (κ1) is 18.4. The van der Waals surface area contributed by atoms with E-state index in [1.165, 1.54) is 0 Å². The summed E-state index contributed by atoms with van der Waals surface area (Å²) in [5.41, 5.74) is 0.158. The SMILES string of the molecule is CCO/N=C/c1ccc(C2(C)NC(=O)N(CC(=O)OCC)C2=O)cc1. The predicted octanol–water partition coefficient (Wildman–Crippen LogP) is 1.39. The van der Waals surface area contributed by atoms with Crippen molar-refractivity contribution < 1.29 is 24.0 Å². The standard InChI is InChI=1S/C17H21N3O5/c1-4-24-14(21)11-20-15(22)17(3,19-16(20)23)13-8-6-12(7-9-13)10-18-25-5-2/h6-10H,4-5,11H2,1-3H3,(H,19,23)/b18-10+. The highest BCUT2D eigenvalue weighted by atomic mass is 16.6. The molecular weight excluding hydrogens is 326 g/mol. The second-order valence-electron chi connectivity index (χ2n) is 5.53. The highest BCUT2D eigenvalue weighted by Crippen LogP contribution is 2.28. The number of hydrogen-bond donors (Lipinski definition) is 1. The molecule has 1 N–H and O–H groups in total. The van der Waals surface area contributed by atoms with Gasteiger partial charge in [-0.3, -0.25) is 14.5 Å². The normalized spacial score (nSPS) is 20.0. The van der Waals surface area contributed by atoms with Crippen molar-refractivity contribution in [1.82, 2.24) is 10.2 Å². The number of imide groups is 1. The average molecular weight is 347 g/mol. The molecule has 1 aliphatic heterocycles. The molecule has 3 amide bonds. The molecule has 1 aromatic carbocycles. The summed E-state index contributed by atoms with van der Waals surface area (Å²) < 4.78 is 4.80. The molecule has 1 heterocycles. The Morgan fingerprint density at radius 3 is 2.52 bits per heavy atom. The Hall–Kier alpha value is -2.90. The topological polar surface area (TPSA) is 97.3 Å². The van der Waals surface area contributed by atoms with E-state index in [4.69, 9.17) is 9.57 Å². The molecule has 134 valence electrons. The van der Waals surface area contributed by atoms with E-state index >= 15 is 0 Å². The summed E-state index contributed by atoms with van der Waals surface area (Å²) in [4.78, 5) is 42.1. The monoisotopic (exact) mass is 347 g/mol.